The van der Waals surface area contributed by atoms with E-state index in [2.05, 4.69) is 12.2 Å². The SMILES string of the molecule is CCNC(c1cccc(F)c1F)C1CCC(C)C1. The third-order valence-corrected chi connectivity index (χ3v) is 3.95. The number of rotatable bonds is 4. The Balaban J connectivity index is 2.26. The molecule has 0 aliphatic heterocycles. The molecule has 0 radical (unpaired) electrons. The Kier molecular flexibility index (Phi) is 4.33. The highest BCUT2D eigenvalue weighted by Gasteiger charge is 2.31. The van der Waals surface area contributed by atoms with E-state index in [4.69, 9.17) is 0 Å². The highest BCUT2D eigenvalue weighted by Crippen LogP contribution is 2.39. The second-order valence-electron chi connectivity index (χ2n) is 5.36. The van der Waals surface area contributed by atoms with Crippen LogP contribution in [0, 0.1) is 23.5 Å². The number of hydrogen-bond donors (Lipinski definition) is 1. The summed E-state index contributed by atoms with van der Waals surface area (Å²) < 4.78 is 27.3. The number of hydrogen-bond acceptors (Lipinski definition) is 1. The van der Waals surface area contributed by atoms with Gasteiger partial charge in [0.1, 0.15) is 0 Å². The lowest BCUT2D eigenvalue weighted by atomic mass is 9.90. The van der Waals surface area contributed by atoms with Gasteiger partial charge in [0.2, 0.25) is 0 Å². The lowest BCUT2D eigenvalue weighted by molar-refractivity contribution is 0.349. The lowest BCUT2D eigenvalue weighted by Crippen LogP contribution is -2.28. The van der Waals surface area contributed by atoms with Gasteiger partial charge < -0.3 is 5.32 Å². The zero-order valence-electron chi connectivity index (χ0n) is 11.0. The van der Waals surface area contributed by atoms with Gasteiger partial charge >= 0.3 is 0 Å². The fraction of sp³-hybridized carbons (Fsp3) is 0.600. The van der Waals surface area contributed by atoms with Gasteiger partial charge in [-0.05, 0) is 37.3 Å². The van der Waals surface area contributed by atoms with E-state index in [1.54, 1.807) is 12.1 Å². The minimum Gasteiger partial charge on any atom is -0.310 e. The Labute approximate surface area is 108 Å². The van der Waals surface area contributed by atoms with Gasteiger partial charge in [-0.2, -0.15) is 0 Å². The van der Waals surface area contributed by atoms with Crippen LogP contribution in [0.1, 0.15) is 44.7 Å². The van der Waals surface area contributed by atoms with Crippen LogP contribution in [0.2, 0.25) is 0 Å². The molecule has 1 nitrogen and oxygen atoms in total. The van der Waals surface area contributed by atoms with Crippen molar-refractivity contribution >= 4 is 0 Å². The van der Waals surface area contributed by atoms with Crippen LogP contribution in [0.5, 0.6) is 0 Å². The van der Waals surface area contributed by atoms with E-state index in [0.29, 0.717) is 17.4 Å². The van der Waals surface area contributed by atoms with Crippen molar-refractivity contribution in [3.8, 4) is 0 Å². The summed E-state index contributed by atoms with van der Waals surface area (Å²) in [6.07, 6.45) is 3.37. The zero-order valence-corrected chi connectivity index (χ0v) is 11.0. The van der Waals surface area contributed by atoms with Gasteiger partial charge in [-0.1, -0.05) is 32.4 Å². The summed E-state index contributed by atoms with van der Waals surface area (Å²) in [5.74, 6) is -0.339. The first kappa shape index (κ1) is 13.5. The van der Waals surface area contributed by atoms with E-state index < -0.39 is 11.6 Å². The van der Waals surface area contributed by atoms with Crippen molar-refractivity contribution in [3.63, 3.8) is 0 Å². The Hall–Kier alpha value is -0.960. The van der Waals surface area contributed by atoms with Gasteiger partial charge in [-0.15, -0.1) is 0 Å². The van der Waals surface area contributed by atoms with Crippen molar-refractivity contribution in [2.45, 2.75) is 39.2 Å². The van der Waals surface area contributed by atoms with Crippen molar-refractivity contribution < 1.29 is 8.78 Å². The van der Waals surface area contributed by atoms with Crippen LogP contribution in [-0.2, 0) is 0 Å². The molecule has 3 heteroatoms. The van der Waals surface area contributed by atoms with Crippen molar-refractivity contribution in [2.24, 2.45) is 11.8 Å². The van der Waals surface area contributed by atoms with Gasteiger partial charge in [-0.25, -0.2) is 8.78 Å². The molecule has 1 aromatic carbocycles. The summed E-state index contributed by atoms with van der Waals surface area (Å²) in [5, 5.41) is 3.32. The molecule has 100 valence electrons. The van der Waals surface area contributed by atoms with E-state index in [9.17, 15) is 8.78 Å². The van der Waals surface area contributed by atoms with Crippen LogP contribution in [-0.4, -0.2) is 6.54 Å². The third kappa shape index (κ3) is 2.72. The van der Waals surface area contributed by atoms with Crippen LogP contribution in [0.15, 0.2) is 18.2 Å². The molecule has 18 heavy (non-hydrogen) atoms. The summed E-state index contributed by atoms with van der Waals surface area (Å²) >= 11 is 0. The molecule has 1 aromatic rings. The molecule has 0 aromatic heterocycles. The van der Waals surface area contributed by atoms with Crippen molar-refractivity contribution in [3.05, 3.63) is 35.4 Å². The van der Waals surface area contributed by atoms with Crippen molar-refractivity contribution in [1.82, 2.24) is 5.32 Å². The summed E-state index contributed by atoms with van der Waals surface area (Å²) in [7, 11) is 0. The normalized spacial score (nSPS) is 25.3. The fourth-order valence-electron chi connectivity index (χ4n) is 3.07. The molecule has 0 amide bonds. The number of halogens is 2. The van der Waals surface area contributed by atoms with Gasteiger partial charge in [0.15, 0.2) is 11.6 Å². The Bertz CT molecular complexity index is 405. The minimum atomic E-state index is -0.749. The van der Waals surface area contributed by atoms with Crippen LogP contribution < -0.4 is 5.32 Å². The number of nitrogens with one attached hydrogen (secondary N) is 1. The largest absolute Gasteiger partial charge is 0.310 e. The van der Waals surface area contributed by atoms with Gasteiger partial charge in [0.05, 0.1) is 0 Å². The van der Waals surface area contributed by atoms with Gasteiger partial charge in [0.25, 0.3) is 0 Å². The fourth-order valence-corrected chi connectivity index (χ4v) is 3.07. The summed E-state index contributed by atoms with van der Waals surface area (Å²) in [6, 6.07) is 4.42. The highest BCUT2D eigenvalue weighted by molar-refractivity contribution is 5.23. The first-order valence-electron chi connectivity index (χ1n) is 6.80. The van der Waals surface area contributed by atoms with Gasteiger partial charge in [0, 0.05) is 11.6 Å². The molecule has 1 N–H and O–H groups in total. The quantitative estimate of drug-likeness (QED) is 0.853. The van der Waals surface area contributed by atoms with E-state index in [-0.39, 0.29) is 6.04 Å². The van der Waals surface area contributed by atoms with E-state index in [1.165, 1.54) is 12.5 Å². The van der Waals surface area contributed by atoms with Crippen LogP contribution in [0.4, 0.5) is 8.78 Å². The molecule has 1 fully saturated rings. The maximum absolute atomic E-state index is 13.9. The molecule has 3 atom stereocenters. The first-order valence-corrected chi connectivity index (χ1v) is 6.80. The summed E-state index contributed by atoms with van der Waals surface area (Å²) in [6.45, 7) is 5.00. The Morgan fingerprint density at radius 2 is 2.11 bits per heavy atom. The molecule has 0 heterocycles. The average molecular weight is 253 g/mol. The minimum absolute atomic E-state index is 0.0596. The monoisotopic (exact) mass is 253 g/mol. The van der Waals surface area contributed by atoms with Gasteiger partial charge in [-0.3, -0.25) is 0 Å². The predicted octanol–water partition coefficient (Wildman–Crippen LogP) is 4.05. The van der Waals surface area contributed by atoms with E-state index in [1.807, 2.05) is 6.92 Å². The summed E-state index contributed by atoms with van der Waals surface area (Å²) in [4.78, 5) is 0. The lowest BCUT2D eigenvalue weighted by Gasteiger charge is -2.25. The topological polar surface area (TPSA) is 12.0 Å². The second-order valence-corrected chi connectivity index (χ2v) is 5.36. The molecule has 0 spiro atoms. The molecular weight excluding hydrogens is 232 g/mol. The predicted molar refractivity (Wildman–Crippen MR) is 69.3 cm³/mol. The van der Waals surface area contributed by atoms with E-state index >= 15 is 0 Å². The molecule has 2 rings (SSSR count). The molecule has 3 unspecified atom stereocenters. The maximum Gasteiger partial charge on any atom is 0.163 e. The standard InChI is InChI=1S/C15H21F2N/c1-3-18-15(11-8-7-10(2)9-11)12-5-4-6-13(16)14(12)17/h4-6,10-11,15,18H,3,7-9H2,1-2H3. The zero-order chi connectivity index (χ0) is 13.1. The number of benzene rings is 1. The second kappa shape index (κ2) is 5.79. The molecule has 1 aliphatic rings. The molecule has 0 bridgehead atoms. The van der Waals surface area contributed by atoms with E-state index in [0.717, 1.165) is 19.4 Å². The Morgan fingerprint density at radius 3 is 2.72 bits per heavy atom. The maximum atomic E-state index is 13.9. The smallest absolute Gasteiger partial charge is 0.163 e. The molecular formula is C15H21F2N. The first-order chi connectivity index (χ1) is 8.63. The van der Waals surface area contributed by atoms with Crippen molar-refractivity contribution in [1.29, 1.82) is 0 Å². The van der Waals surface area contributed by atoms with Crippen LogP contribution >= 0.6 is 0 Å². The van der Waals surface area contributed by atoms with Crippen molar-refractivity contribution in [2.75, 3.05) is 6.54 Å². The van der Waals surface area contributed by atoms with Crippen LogP contribution in [0.3, 0.4) is 0 Å². The average Bonchev–Trinajstić information content (AvgIpc) is 2.77. The highest BCUT2D eigenvalue weighted by atomic mass is 19.2. The summed E-state index contributed by atoms with van der Waals surface area (Å²) in [5.41, 5.74) is 0.482. The molecule has 1 saturated carbocycles. The Morgan fingerprint density at radius 1 is 1.33 bits per heavy atom. The third-order valence-electron chi connectivity index (χ3n) is 3.95. The molecule has 0 saturated heterocycles. The molecule has 1 aliphatic carbocycles. The van der Waals surface area contributed by atoms with Crippen LogP contribution in [0.25, 0.3) is 0 Å².